The quantitative estimate of drug-likeness (QED) is 0.759. The van der Waals surface area contributed by atoms with Crippen molar-refractivity contribution in [1.29, 1.82) is 0 Å². The lowest BCUT2D eigenvalue weighted by Crippen LogP contribution is -2.48. The molecular weight excluding hydrogens is 306 g/mol. The van der Waals surface area contributed by atoms with Crippen LogP contribution >= 0.6 is 0 Å². The molecule has 126 valence electrons. The number of nitrogens with one attached hydrogen (secondary N) is 3. The Morgan fingerprint density at radius 1 is 1.29 bits per heavy atom. The number of piperazine rings is 1. The first-order valence-corrected chi connectivity index (χ1v) is 8.49. The van der Waals surface area contributed by atoms with Crippen LogP contribution in [0.3, 0.4) is 0 Å². The zero-order valence-corrected chi connectivity index (χ0v) is 13.5. The first-order chi connectivity index (χ1) is 11.7. The highest BCUT2D eigenvalue weighted by Crippen LogP contribution is 2.24. The van der Waals surface area contributed by atoms with Crippen molar-refractivity contribution in [1.82, 2.24) is 25.4 Å². The van der Waals surface area contributed by atoms with Crippen LogP contribution in [0.25, 0.3) is 0 Å². The molecule has 3 heterocycles. The van der Waals surface area contributed by atoms with Crippen LogP contribution in [0.5, 0.6) is 0 Å². The van der Waals surface area contributed by atoms with Crippen LogP contribution in [-0.4, -0.2) is 45.6 Å². The minimum atomic E-state index is -0.180. The summed E-state index contributed by atoms with van der Waals surface area (Å²) in [4.78, 5) is 29.8. The monoisotopic (exact) mass is 327 g/mol. The lowest BCUT2D eigenvalue weighted by atomic mass is 9.91. The van der Waals surface area contributed by atoms with Gasteiger partial charge in [-0.15, -0.1) is 0 Å². The summed E-state index contributed by atoms with van der Waals surface area (Å²) in [5.74, 6) is -0.0331. The van der Waals surface area contributed by atoms with Gasteiger partial charge in [0.15, 0.2) is 0 Å². The van der Waals surface area contributed by atoms with E-state index >= 15 is 0 Å². The Labute approximate surface area is 139 Å². The standard InChI is InChI=1S/C17H21N5O2/c23-16-7-13(12-3-1-2-4-14(12)21-16)17(24)22-6-5-18-15(10-22)11-8-19-20-9-11/h7-9,15,18H,1-6,10H2,(H,19,20)(H,21,23). The molecule has 0 radical (unpaired) electrons. The Morgan fingerprint density at radius 2 is 2.17 bits per heavy atom. The smallest absolute Gasteiger partial charge is 0.254 e. The summed E-state index contributed by atoms with van der Waals surface area (Å²) in [5.41, 5.74) is 3.42. The third-order valence-corrected chi connectivity index (χ3v) is 4.96. The fourth-order valence-corrected chi connectivity index (χ4v) is 3.71. The minimum absolute atomic E-state index is 0.0331. The molecule has 7 nitrogen and oxygen atoms in total. The van der Waals surface area contributed by atoms with Crippen molar-refractivity contribution in [3.63, 3.8) is 0 Å². The molecular formula is C17H21N5O2. The van der Waals surface area contributed by atoms with Crippen molar-refractivity contribution in [3.05, 3.63) is 51.2 Å². The van der Waals surface area contributed by atoms with Gasteiger partial charge >= 0.3 is 0 Å². The number of fused-ring (bicyclic) bond motifs is 1. The van der Waals surface area contributed by atoms with E-state index in [1.807, 2.05) is 11.1 Å². The van der Waals surface area contributed by atoms with Crippen LogP contribution in [0.1, 0.15) is 46.1 Å². The molecule has 1 unspecified atom stereocenters. The summed E-state index contributed by atoms with van der Waals surface area (Å²) >= 11 is 0. The Hall–Kier alpha value is -2.41. The minimum Gasteiger partial charge on any atom is -0.335 e. The van der Waals surface area contributed by atoms with Crippen molar-refractivity contribution >= 4 is 5.91 Å². The van der Waals surface area contributed by atoms with Crippen molar-refractivity contribution in [2.24, 2.45) is 0 Å². The molecule has 1 aliphatic heterocycles. The SMILES string of the molecule is O=C(c1cc(=O)[nH]c2c1CCCC2)N1CCNC(c2cn[nH]c2)C1. The van der Waals surface area contributed by atoms with E-state index in [1.165, 1.54) is 6.07 Å². The largest absolute Gasteiger partial charge is 0.335 e. The third kappa shape index (κ3) is 2.75. The third-order valence-electron chi connectivity index (χ3n) is 4.96. The fraction of sp³-hybridized carbons (Fsp3) is 0.471. The molecule has 2 aromatic rings. The summed E-state index contributed by atoms with van der Waals surface area (Å²) in [5, 5.41) is 10.2. The highest BCUT2D eigenvalue weighted by Gasteiger charge is 2.28. The molecule has 1 fully saturated rings. The van der Waals surface area contributed by atoms with E-state index in [9.17, 15) is 9.59 Å². The average Bonchev–Trinajstić information content (AvgIpc) is 3.15. The number of aromatic nitrogens is 3. The van der Waals surface area contributed by atoms with Crippen LogP contribution in [0.2, 0.25) is 0 Å². The molecule has 4 rings (SSSR count). The zero-order chi connectivity index (χ0) is 16.5. The number of pyridine rings is 1. The Balaban J connectivity index is 1.62. The Morgan fingerprint density at radius 3 is 3.00 bits per heavy atom. The number of nitrogens with zero attached hydrogens (tertiary/aromatic N) is 2. The second kappa shape index (κ2) is 6.24. The highest BCUT2D eigenvalue weighted by atomic mass is 16.2. The Kier molecular flexibility index (Phi) is 3.93. The lowest BCUT2D eigenvalue weighted by molar-refractivity contribution is 0.0701. The van der Waals surface area contributed by atoms with E-state index in [0.29, 0.717) is 18.7 Å². The summed E-state index contributed by atoms with van der Waals surface area (Å²) in [7, 11) is 0. The molecule has 2 aliphatic rings. The van der Waals surface area contributed by atoms with E-state index < -0.39 is 0 Å². The molecule has 2 aromatic heterocycles. The topological polar surface area (TPSA) is 93.9 Å². The number of aromatic amines is 2. The number of amides is 1. The zero-order valence-electron chi connectivity index (χ0n) is 13.5. The molecule has 7 heteroatoms. The molecule has 1 atom stereocenters. The van der Waals surface area contributed by atoms with E-state index in [0.717, 1.165) is 49.0 Å². The summed E-state index contributed by atoms with van der Waals surface area (Å²) < 4.78 is 0. The molecule has 3 N–H and O–H groups in total. The molecule has 0 bridgehead atoms. The highest BCUT2D eigenvalue weighted by molar-refractivity contribution is 5.96. The molecule has 1 amide bonds. The number of aryl methyl sites for hydroxylation is 1. The van der Waals surface area contributed by atoms with Crippen molar-refractivity contribution < 1.29 is 4.79 Å². The fourth-order valence-electron chi connectivity index (χ4n) is 3.71. The normalized spacial score (nSPS) is 20.7. The number of rotatable bonds is 2. The van der Waals surface area contributed by atoms with Crippen LogP contribution in [0, 0.1) is 0 Å². The van der Waals surface area contributed by atoms with Gasteiger partial charge < -0.3 is 15.2 Å². The van der Waals surface area contributed by atoms with Gasteiger partial charge in [0.1, 0.15) is 0 Å². The van der Waals surface area contributed by atoms with Gasteiger partial charge in [0, 0.05) is 48.7 Å². The van der Waals surface area contributed by atoms with Crippen LogP contribution in [-0.2, 0) is 12.8 Å². The first kappa shape index (κ1) is 15.1. The molecule has 0 saturated carbocycles. The van der Waals surface area contributed by atoms with Crippen LogP contribution in [0.4, 0.5) is 0 Å². The molecule has 1 aliphatic carbocycles. The number of hydrogen-bond donors (Lipinski definition) is 3. The van der Waals surface area contributed by atoms with E-state index in [1.54, 1.807) is 6.20 Å². The molecule has 1 saturated heterocycles. The van der Waals surface area contributed by atoms with Gasteiger partial charge in [-0.25, -0.2) is 0 Å². The maximum absolute atomic E-state index is 13.1. The van der Waals surface area contributed by atoms with E-state index in [4.69, 9.17) is 0 Å². The van der Waals surface area contributed by atoms with Gasteiger partial charge in [-0.1, -0.05) is 0 Å². The van der Waals surface area contributed by atoms with E-state index in [2.05, 4.69) is 20.5 Å². The van der Waals surface area contributed by atoms with Crippen molar-refractivity contribution in [2.75, 3.05) is 19.6 Å². The van der Waals surface area contributed by atoms with Crippen molar-refractivity contribution in [3.8, 4) is 0 Å². The number of hydrogen-bond acceptors (Lipinski definition) is 4. The first-order valence-electron chi connectivity index (χ1n) is 8.49. The number of H-pyrrole nitrogens is 2. The van der Waals surface area contributed by atoms with Crippen LogP contribution < -0.4 is 10.9 Å². The summed E-state index contributed by atoms with van der Waals surface area (Å²) in [6.45, 7) is 1.96. The predicted molar refractivity (Wildman–Crippen MR) is 88.9 cm³/mol. The maximum Gasteiger partial charge on any atom is 0.254 e. The van der Waals surface area contributed by atoms with Gasteiger partial charge in [0.25, 0.3) is 5.91 Å². The van der Waals surface area contributed by atoms with Gasteiger partial charge in [-0.05, 0) is 31.2 Å². The lowest BCUT2D eigenvalue weighted by Gasteiger charge is -2.34. The number of carbonyl (C=O) groups is 1. The van der Waals surface area contributed by atoms with Crippen LogP contribution in [0.15, 0.2) is 23.3 Å². The molecule has 0 spiro atoms. The van der Waals surface area contributed by atoms with Gasteiger partial charge in [-0.3, -0.25) is 14.7 Å². The van der Waals surface area contributed by atoms with E-state index in [-0.39, 0.29) is 17.5 Å². The predicted octanol–water partition coefficient (Wildman–Crippen LogP) is 0.764. The number of carbonyl (C=O) groups excluding carboxylic acids is 1. The van der Waals surface area contributed by atoms with Gasteiger partial charge in [-0.2, -0.15) is 5.10 Å². The van der Waals surface area contributed by atoms with Gasteiger partial charge in [0.05, 0.1) is 12.2 Å². The molecule has 0 aromatic carbocycles. The second-order valence-corrected chi connectivity index (χ2v) is 6.50. The second-order valence-electron chi connectivity index (χ2n) is 6.50. The maximum atomic E-state index is 13.1. The summed E-state index contributed by atoms with van der Waals surface area (Å²) in [6, 6.07) is 1.54. The molecule has 24 heavy (non-hydrogen) atoms. The van der Waals surface area contributed by atoms with Crippen molar-refractivity contribution in [2.45, 2.75) is 31.7 Å². The van der Waals surface area contributed by atoms with Gasteiger partial charge in [0.2, 0.25) is 5.56 Å². The summed E-state index contributed by atoms with van der Waals surface area (Å²) in [6.07, 6.45) is 7.48. The Bertz CT molecular complexity index is 796. The average molecular weight is 327 g/mol.